The molecule has 3 N–H and O–H groups in total. The fraction of sp³-hybridized carbons (Fsp3) is 0.235. The second kappa shape index (κ2) is 8.89. The van der Waals surface area contributed by atoms with Gasteiger partial charge in [0.1, 0.15) is 10.0 Å². The Kier molecular flexibility index (Phi) is 6.32. The van der Waals surface area contributed by atoms with E-state index in [1.807, 2.05) is 25.1 Å². The van der Waals surface area contributed by atoms with Crippen LogP contribution >= 0.6 is 11.3 Å². The van der Waals surface area contributed by atoms with Crippen molar-refractivity contribution in [3.8, 4) is 0 Å². The summed E-state index contributed by atoms with van der Waals surface area (Å²) in [5.41, 5.74) is 0.821. The number of aromatic nitrogens is 3. The lowest BCUT2D eigenvalue weighted by molar-refractivity contribution is 0.585. The molecule has 0 fully saturated rings. The summed E-state index contributed by atoms with van der Waals surface area (Å²) in [7, 11) is -3.47. The van der Waals surface area contributed by atoms with Gasteiger partial charge >= 0.3 is 0 Å². The maximum Gasteiger partial charge on any atom is 0.250 e. The molecule has 142 valence electrons. The van der Waals surface area contributed by atoms with E-state index in [-0.39, 0.29) is 6.54 Å². The molecule has 0 atom stereocenters. The zero-order chi connectivity index (χ0) is 19.1. The predicted molar refractivity (Wildman–Crippen MR) is 107 cm³/mol. The molecule has 0 aliphatic heterocycles. The molecular formula is C17H20N6O2S2. The van der Waals surface area contributed by atoms with Crippen molar-refractivity contribution < 1.29 is 8.42 Å². The highest BCUT2D eigenvalue weighted by atomic mass is 32.2. The van der Waals surface area contributed by atoms with Gasteiger partial charge in [-0.1, -0.05) is 6.92 Å². The average Bonchev–Trinajstić information content (AvgIpc) is 3.18. The molecule has 0 aromatic carbocycles. The van der Waals surface area contributed by atoms with E-state index in [0.29, 0.717) is 22.4 Å². The van der Waals surface area contributed by atoms with Crippen molar-refractivity contribution in [2.45, 2.75) is 17.6 Å². The van der Waals surface area contributed by atoms with Crippen LogP contribution in [-0.4, -0.2) is 36.7 Å². The first-order valence-electron chi connectivity index (χ1n) is 8.40. The minimum Gasteiger partial charge on any atom is -0.367 e. The minimum atomic E-state index is -3.47. The number of hydrogen-bond acceptors (Lipinski definition) is 8. The molecule has 0 unspecified atom stereocenters. The fourth-order valence-corrected chi connectivity index (χ4v) is 4.59. The minimum absolute atomic E-state index is 0.249. The molecule has 0 radical (unpaired) electrons. The van der Waals surface area contributed by atoms with Crippen LogP contribution in [0.3, 0.4) is 0 Å². The molecule has 0 bridgehead atoms. The van der Waals surface area contributed by atoms with E-state index in [2.05, 4.69) is 30.5 Å². The molecule has 27 heavy (non-hydrogen) atoms. The lowest BCUT2D eigenvalue weighted by atomic mass is 10.4. The number of anilines is 3. The number of thiophene rings is 1. The van der Waals surface area contributed by atoms with Crippen LogP contribution in [0.15, 0.2) is 53.0 Å². The fourth-order valence-electron chi connectivity index (χ4n) is 2.22. The van der Waals surface area contributed by atoms with Gasteiger partial charge in [-0.2, -0.15) is 0 Å². The van der Waals surface area contributed by atoms with Crippen molar-refractivity contribution in [3.05, 3.63) is 53.7 Å². The highest BCUT2D eigenvalue weighted by molar-refractivity contribution is 7.91. The lowest BCUT2D eigenvalue weighted by Crippen LogP contribution is -2.28. The van der Waals surface area contributed by atoms with Gasteiger partial charge in [0, 0.05) is 24.2 Å². The van der Waals surface area contributed by atoms with E-state index >= 15 is 0 Å². The number of aryl methyl sites for hydroxylation is 1. The molecule has 0 aliphatic rings. The number of nitrogens with zero attached hydrogens (tertiary/aromatic N) is 3. The summed E-state index contributed by atoms with van der Waals surface area (Å²) in [6.07, 6.45) is 4.21. The molecule has 3 rings (SSSR count). The Balaban J connectivity index is 1.46. The SMILES string of the molecule is CCc1ccc(S(=O)(=O)NCCNc2ccc(Nc3cccnc3)nn2)s1. The average molecular weight is 405 g/mol. The summed E-state index contributed by atoms with van der Waals surface area (Å²) in [5, 5.41) is 14.3. The summed E-state index contributed by atoms with van der Waals surface area (Å²) < 4.78 is 27.4. The van der Waals surface area contributed by atoms with Crippen LogP contribution in [-0.2, 0) is 16.4 Å². The molecule has 0 saturated carbocycles. The van der Waals surface area contributed by atoms with Crippen molar-refractivity contribution in [2.24, 2.45) is 0 Å². The molecular weight excluding hydrogens is 384 g/mol. The first-order valence-corrected chi connectivity index (χ1v) is 10.7. The van der Waals surface area contributed by atoms with Gasteiger partial charge in [-0.3, -0.25) is 4.98 Å². The Morgan fingerprint density at radius 2 is 1.85 bits per heavy atom. The van der Waals surface area contributed by atoms with Gasteiger partial charge < -0.3 is 10.6 Å². The Hall–Kier alpha value is -2.56. The maximum absolute atomic E-state index is 12.2. The van der Waals surface area contributed by atoms with Gasteiger partial charge in [0.15, 0.2) is 5.82 Å². The van der Waals surface area contributed by atoms with Crippen LogP contribution in [0.5, 0.6) is 0 Å². The number of pyridine rings is 1. The summed E-state index contributed by atoms with van der Waals surface area (Å²) in [6.45, 7) is 2.65. The summed E-state index contributed by atoms with van der Waals surface area (Å²) >= 11 is 1.29. The lowest BCUT2D eigenvalue weighted by Gasteiger charge is -2.08. The van der Waals surface area contributed by atoms with Crippen LogP contribution in [0.2, 0.25) is 0 Å². The molecule has 0 saturated heterocycles. The molecule has 0 aliphatic carbocycles. The van der Waals surface area contributed by atoms with Gasteiger partial charge in [0.05, 0.1) is 11.9 Å². The van der Waals surface area contributed by atoms with E-state index in [9.17, 15) is 8.42 Å². The highest BCUT2D eigenvalue weighted by Gasteiger charge is 2.15. The van der Waals surface area contributed by atoms with Crippen molar-refractivity contribution in [1.29, 1.82) is 0 Å². The van der Waals surface area contributed by atoms with E-state index in [0.717, 1.165) is 17.0 Å². The molecule has 3 aromatic heterocycles. The third-order valence-corrected chi connectivity index (χ3v) is 6.75. The molecule has 3 aromatic rings. The Labute approximate surface area is 162 Å². The maximum atomic E-state index is 12.2. The Morgan fingerprint density at radius 1 is 1.04 bits per heavy atom. The van der Waals surface area contributed by atoms with Crippen LogP contribution in [0.1, 0.15) is 11.8 Å². The summed E-state index contributed by atoms with van der Waals surface area (Å²) in [5.74, 6) is 1.16. The first-order chi connectivity index (χ1) is 13.1. The van der Waals surface area contributed by atoms with Crippen LogP contribution < -0.4 is 15.4 Å². The number of nitrogens with one attached hydrogen (secondary N) is 3. The quantitative estimate of drug-likeness (QED) is 0.470. The monoisotopic (exact) mass is 404 g/mol. The van der Waals surface area contributed by atoms with Crippen LogP contribution in [0.4, 0.5) is 17.3 Å². The zero-order valence-corrected chi connectivity index (χ0v) is 16.3. The van der Waals surface area contributed by atoms with Crippen molar-refractivity contribution in [2.75, 3.05) is 23.7 Å². The van der Waals surface area contributed by atoms with Crippen molar-refractivity contribution >= 4 is 38.7 Å². The zero-order valence-electron chi connectivity index (χ0n) is 14.7. The molecule has 3 heterocycles. The first kappa shape index (κ1) is 19.2. The van der Waals surface area contributed by atoms with E-state index in [1.165, 1.54) is 11.3 Å². The van der Waals surface area contributed by atoms with Crippen molar-refractivity contribution in [1.82, 2.24) is 19.9 Å². The highest BCUT2D eigenvalue weighted by Crippen LogP contribution is 2.21. The molecule has 8 nitrogen and oxygen atoms in total. The third-order valence-electron chi connectivity index (χ3n) is 3.57. The van der Waals surface area contributed by atoms with Gasteiger partial charge in [-0.25, -0.2) is 13.1 Å². The topological polar surface area (TPSA) is 109 Å². The Bertz CT molecular complexity index is 959. The second-order valence-electron chi connectivity index (χ2n) is 5.57. The number of sulfonamides is 1. The van der Waals surface area contributed by atoms with Gasteiger partial charge in [0.2, 0.25) is 10.0 Å². The Morgan fingerprint density at radius 3 is 2.52 bits per heavy atom. The summed E-state index contributed by atoms with van der Waals surface area (Å²) in [4.78, 5) is 5.06. The summed E-state index contributed by atoms with van der Waals surface area (Å²) in [6, 6.07) is 10.7. The molecule has 10 heteroatoms. The smallest absolute Gasteiger partial charge is 0.250 e. The van der Waals surface area contributed by atoms with E-state index < -0.39 is 10.0 Å². The van der Waals surface area contributed by atoms with Crippen LogP contribution in [0, 0.1) is 0 Å². The molecule has 0 amide bonds. The molecule has 0 spiro atoms. The van der Waals surface area contributed by atoms with Gasteiger partial charge in [0.25, 0.3) is 0 Å². The van der Waals surface area contributed by atoms with Crippen molar-refractivity contribution in [3.63, 3.8) is 0 Å². The number of rotatable bonds is 9. The van der Waals surface area contributed by atoms with Gasteiger partial charge in [-0.15, -0.1) is 21.5 Å². The number of hydrogen-bond donors (Lipinski definition) is 3. The third kappa shape index (κ3) is 5.46. The second-order valence-corrected chi connectivity index (χ2v) is 8.73. The van der Waals surface area contributed by atoms with Crippen LogP contribution in [0.25, 0.3) is 0 Å². The standard InChI is InChI=1S/C17H20N6O2S2/c1-2-14-5-8-17(26-14)27(24,25)20-11-10-19-15-6-7-16(23-22-15)21-13-4-3-9-18-12-13/h3-9,12,20H,2,10-11H2,1H3,(H,19,22)(H,21,23). The largest absolute Gasteiger partial charge is 0.367 e. The predicted octanol–water partition coefficient (Wildman–Crippen LogP) is 2.63. The van der Waals surface area contributed by atoms with Gasteiger partial charge in [-0.05, 0) is 42.8 Å². The van der Waals surface area contributed by atoms with E-state index in [1.54, 1.807) is 30.6 Å². The van der Waals surface area contributed by atoms with E-state index in [4.69, 9.17) is 0 Å². The normalized spacial score (nSPS) is 11.3.